The number of nitrogens with one attached hydrogen (secondary N) is 2. The van der Waals surface area contributed by atoms with Crippen LogP contribution in [0.2, 0.25) is 0 Å². The van der Waals surface area contributed by atoms with Gasteiger partial charge in [0.1, 0.15) is 6.42 Å². The first kappa shape index (κ1) is 17.0. The Morgan fingerprint density at radius 1 is 1.13 bits per heavy atom. The number of piperidine rings is 1. The molecule has 1 aromatic carbocycles. The van der Waals surface area contributed by atoms with Crippen LogP contribution in [0.15, 0.2) is 24.3 Å². The Balaban J connectivity index is 1.76. The van der Waals surface area contributed by atoms with Gasteiger partial charge in [-0.25, -0.2) is 0 Å². The van der Waals surface area contributed by atoms with Gasteiger partial charge in [0, 0.05) is 24.3 Å². The minimum atomic E-state index is -0.355. The van der Waals surface area contributed by atoms with Gasteiger partial charge in [0.15, 0.2) is 0 Å². The second kappa shape index (κ2) is 8.91. The maximum atomic E-state index is 12.1. The molecule has 0 spiro atoms. The number of carbonyl (C=O) groups is 2. The van der Waals surface area contributed by atoms with E-state index in [2.05, 4.69) is 15.5 Å². The second-order valence-electron chi connectivity index (χ2n) is 5.62. The van der Waals surface area contributed by atoms with E-state index in [0.29, 0.717) is 17.8 Å². The molecule has 0 aromatic heterocycles. The molecule has 2 N–H and O–H groups in total. The van der Waals surface area contributed by atoms with Crippen LogP contribution in [0.25, 0.3) is 0 Å². The maximum absolute atomic E-state index is 12.1. The number of anilines is 1. The van der Waals surface area contributed by atoms with Crippen LogP contribution in [-0.4, -0.2) is 42.9 Å². The Bertz CT molecular complexity index is 571. The Hall–Kier alpha value is -2.39. The zero-order chi connectivity index (χ0) is 16.5. The first-order valence-electron chi connectivity index (χ1n) is 7.96. The van der Waals surface area contributed by atoms with Gasteiger partial charge in [-0.15, -0.1) is 0 Å². The molecule has 1 heterocycles. The fourth-order valence-corrected chi connectivity index (χ4v) is 2.59. The summed E-state index contributed by atoms with van der Waals surface area (Å²) in [5, 5.41) is 14.0. The molecule has 0 saturated carbocycles. The van der Waals surface area contributed by atoms with Crippen molar-refractivity contribution in [3.8, 4) is 6.07 Å². The van der Waals surface area contributed by atoms with E-state index >= 15 is 0 Å². The summed E-state index contributed by atoms with van der Waals surface area (Å²) in [5.74, 6) is -0.469. The molecular weight excluding hydrogens is 292 g/mol. The maximum Gasteiger partial charge on any atom is 0.251 e. The SMILES string of the molecule is N#CCC(=O)Nc1ccc(C(=O)NCCN2CCCCC2)cc1. The van der Waals surface area contributed by atoms with Gasteiger partial charge in [-0.05, 0) is 50.2 Å². The van der Waals surface area contributed by atoms with Gasteiger partial charge >= 0.3 is 0 Å². The summed E-state index contributed by atoms with van der Waals surface area (Å²) in [6, 6.07) is 8.44. The summed E-state index contributed by atoms with van der Waals surface area (Å²) in [7, 11) is 0. The summed E-state index contributed by atoms with van der Waals surface area (Å²) in [5.41, 5.74) is 1.14. The van der Waals surface area contributed by atoms with E-state index in [-0.39, 0.29) is 18.2 Å². The highest BCUT2D eigenvalue weighted by Crippen LogP contribution is 2.10. The molecule has 0 aliphatic carbocycles. The zero-order valence-electron chi connectivity index (χ0n) is 13.2. The largest absolute Gasteiger partial charge is 0.351 e. The Kier molecular flexibility index (Phi) is 6.57. The molecule has 6 heteroatoms. The number of carbonyl (C=O) groups excluding carboxylic acids is 2. The molecule has 1 aromatic rings. The number of nitrogens with zero attached hydrogens (tertiary/aromatic N) is 2. The van der Waals surface area contributed by atoms with Crippen LogP contribution in [-0.2, 0) is 4.79 Å². The Morgan fingerprint density at radius 3 is 2.48 bits per heavy atom. The van der Waals surface area contributed by atoms with Crippen LogP contribution < -0.4 is 10.6 Å². The molecular formula is C17H22N4O2. The van der Waals surface area contributed by atoms with Crippen LogP contribution in [0, 0.1) is 11.3 Å². The van der Waals surface area contributed by atoms with Crippen molar-refractivity contribution in [3.05, 3.63) is 29.8 Å². The number of hydrogen-bond acceptors (Lipinski definition) is 4. The first-order valence-corrected chi connectivity index (χ1v) is 7.96. The lowest BCUT2D eigenvalue weighted by molar-refractivity contribution is -0.115. The Labute approximate surface area is 136 Å². The topological polar surface area (TPSA) is 85.2 Å². The number of hydrogen-bond donors (Lipinski definition) is 2. The summed E-state index contributed by atoms with van der Waals surface area (Å²) in [6.07, 6.45) is 3.61. The Morgan fingerprint density at radius 2 is 1.83 bits per heavy atom. The second-order valence-corrected chi connectivity index (χ2v) is 5.62. The number of nitriles is 1. The van der Waals surface area contributed by atoms with E-state index in [4.69, 9.17) is 5.26 Å². The van der Waals surface area contributed by atoms with E-state index < -0.39 is 0 Å². The van der Waals surface area contributed by atoms with Gasteiger partial charge in [0.25, 0.3) is 5.91 Å². The van der Waals surface area contributed by atoms with Crippen LogP contribution in [0.5, 0.6) is 0 Å². The zero-order valence-corrected chi connectivity index (χ0v) is 13.2. The molecule has 0 unspecified atom stereocenters. The van der Waals surface area contributed by atoms with Gasteiger partial charge in [-0.3, -0.25) is 9.59 Å². The highest BCUT2D eigenvalue weighted by Gasteiger charge is 2.11. The smallest absolute Gasteiger partial charge is 0.251 e. The van der Waals surface area contributed by atoms with Crippen molar-refractivity contribution in [1.29, 1.82) is 5.26 Å². The standard InChI is InChI=1S/C17H22N4O2/c18-9-8-16(22)20-15-6-4-14(5-7-15)17(23)19-10-13-21-11-2-1-3-12-21/h4-7H,1-3,8,10-13H2,(H,19,23)(H,20,22). The van der Waals surface area contributed by atoms with Crippen LogP contribution in [0.1, 0.15) is 36.0 Å². The number of likely N-dealkylation sites (tertiary alicyclic amines) is 1. The molecule has 122 valence electrons. The molecule has 1 saturated heterocycles. The third-order valence-corrected chi connectivity index (χ3v) is 3.83. The van der Waals surface area contributed by atoms with Crippen LogP contribution in [0.3, 0.4) is 0 Å². The molecule has 23 heavy (non-hydrogen) atoms. The van der Waals surface area contributed by atoms with E-state index in [1.165, 1.54) is 19.3 Å². The van der Waals surface area contributed by atoms with Crippen molar-refractivity contribution in [3.63, 3.8) is 0 Å². The monoisotopic (exact) mass is 314 g/mol. The van der Waals surface area contributed by atoms with Crippen molar-refractivity contribution < 1.29 is 9.59 Å². The lowest BCUT2D eigenvalue weighted by atomic mass is 10.1. The molecule has 2 rings (SSSR count). The summed E-state index contributed by atoms with van der Waals surface area (Å²) >= 11 is 0. The minimum absolute atomic E-state index is 0.114. The van der Waals surface area contributed by atoms with Crippen molar-refractivity contribution in [2.45, 2.75) is 25.7 Å². The third-order valence-electron chi connectivity index (χ3n) is 3.83. The summed E-state index contributed by atoms with van der Waals surface area (Å²) < 4.78 is 0. The molecule has 1 fully saturated rings. The highest BCUT2D eigenvalue weighted by molar-refractivity contribution is 5.96. The van der Waals surface area contributed by atoms with Gasteiger partial charge in [-0.2, -0.15) is 5.26 Å². The minimum Gasteiger partial charge on any atom is -0.351 e. The molecule has 1 aliphatic rings. The number of rotatable bonds is 6. The number of amides is 2. The lowest BCUT2D eigenvalue weighted by Gasteiger charge is -2.26. The summed E-state index contributed by atoms with van der Waals surface area (Å²) in [6.45, 7) is 3.76. The highest BCUT2D eigenvalue weighted by atomic mass is 16.2. The van der Waals surface area contributed by atoms with Crippen molar-refractivity contribution >= 4 is 17.5 Å². The molecule has 0 bridgehead atoms. The molecule has 6 nitrogen and oxygen atoms in total. The van der Waals surface area contributed by atoms with E-state index in [1.807, 2.05) is 0 Å². The van der Waals surface area contributed by atoms with Crippen molar-refractivity contribution in [2.24, 2.45) is 0 Å². The van der Waals surface area contributed by atoms with Gasteiger partial charge < -0.3 is 15.5 Å². The van der Waals surface area contributed by atoms with Crippen molar-refractivity contribution in [1.82, 2.24) is 10.2 Å². The van der Waals surface area contributed by atoms with Crippen molar-refractivity contribution in [2.75, 3.05) is 31.5 Å². The predicted octanol–water partition coefficient (Wildman–Crippen LogP) is 1.75. The predicted molar refractivity (Wildman–Crippen MR) is 87.9 cm³/mol. The quantitative estimate of drug-likeness (QED) is 0.838. The van der Waals surface area contributed by atoms with Gasteiger partial charge in [0.2, 0.25) is 5.91 Å². The molecule has 1 aliphatic heterocycles. The van der Waals surface area contributed by atoms with E-state index in [9.17, 15) is 9.59 Å². The molecule has 0 radical (unpaired) electrons. The van der Waals surface area contributed by atoms with E-state index in [0.717, 1.165) is 19.6 Å². The van der Waals surface area contributed by atoms with Gasteiger partial charge in [-0.1, -0.05) is 6.42 Å². The number of benzene rings is 1. The average Bonchev–Trinajstić information content (AvgIpc) is 2.56. The lowest BCUT2D eigenvalue weighted by Crippen LogP contribution is -2.37. The fraction of sp³-hybridized carbons (Fsp3) is 0.471. The molecule has 2 amide bonds. The average molecular weight is 314 g/mol. The third kappa shape index (κ3) is 5.72. The molecule has 0 atom stereocenters. The summed E-state index contributed by atoms with van der Waals surface area (Å²) in [4.78, 5) is 25.7. The first-order chi connectivity index (χ1) is 11.2. The van der Waals surface area contributed by atoms with Crippen LogP contribution >= 0.6 is 0 Å². The van der Waals surface area contributed by atoms with E-state index in [1.54, 1.807) is 30.3 Å². The normalized spacial score (nSPS) is 14.7. The fourth-order valence-electron chi connectivity index (χ4n) is 2.59. The van der Waals surface area contributed by atoms with Crippen LogP contribution in [0.4, 0.5) is 5.69 Å². The van der Waals surface area contributed by atoms with Gasteiger partial charge in [0.05, 0.1) is 6.07 Å².